The molecule has 0 saturated carbocycles. The number of benzene rings is 1. The average Bonchev–Trinajstić information content (AvgIpc) is 3.38. The SMILES string of the molecule is CN(C)C.CO.COC.C[N+](C)(/C=C\C(N)=NC=O)C1CCC(COC=O)O1.O=Cc1ccccc1C=O. The van der Waals surface area contributed by atoms with E-state index in [-0.39, 0.29) is 24.8 Å². The highest BCUT2D eigenvalue weighted by Crippen LogP contribution is 2.26. The summed E-state index contributed by atoms with van der Waals surface area (Å²) in [5.41, 5.74) is 6.39. The summed E-state index contributed by atoms with van der Waals surface area (Å²) in [4.78, 5) is 46.2. The van der Waals surface area contributed by atoms with Crippen molar-refractivity contribution in [2.24, 2.45) is 10.7 Å². The van der Waals surface area contributed by atoms with E-state index in [1.165, 1.54) is 0 Å². The van der Waals surface area contributed by atoms with Crippen molar-refractivity contribution in [3.63, 3.8) is 0 Å². The summed E-state index contributed by atoms with van der Waals surface area (Å²) in [5, 5.41) is 7.00. The molecule has 1 fully saturated rings. The Morgan fingerprint density at radius 1 is 1.08 bits per heavy atom. The van der Waals surface area contributed by atoms with Gasteiger partial charge in [-0.3, -0.25) is 23.7 Å². The predicted molar refractivity (Wildman–Crippen MR) is 147 cm³/mol. The van der Waals surface area contributed by atoms with Crippen LogP contribution in [0.3, 0.4) is 0 Å². The molecule has 0 aromatic heterocycles. The lowest BCUT2D eigenvalue weighted by Gasteiger charge is -2.31. The van der Waals surface area contributed by atoms with Crippen molar-refractivity contribution in [1.29, 1.82) is 0 Å². The Bertz CT molecular complexity index is 799. The highest BCUT2D eigenvalue weighted by atomic mass is 16.6. The maximum atomic E-state index is 10.2. The van der Waals surface area contributed by atoms with Gasteiger partial charge in [0.15, 0.2) is 18.8 Å². The number of carbonyl (C=O) groups is 4. The van der Waals surface area contributed by atoms with Crippen molar-refractivity contribution in [3.05, 3.63) is 47.7 Å². The normalized spacial score (nSPS) is 16.2. The average molecular weight is 542 g/mol. The largest absolute Gasteiger partial charge is 0.465 e. The van der Waals surface area contributed by atoms with Crippen LogP contribution in [0.15, 0.2) is 41.5 Å². The van der Waals surface area contributed by atoms with E-state index in [1.807, 2.05) is 46.3 Å². The molecule has 1 aliphatic rings. The zero-order valence-corrected chi connectivity index (χ0v) is 23.8. The van der Waals surface area contributed by atoms with Gasteiger partial charge in [0.05, 0.1) is 20.2 Å². The molecule has 1 amide bonds. The zero-order valence-electron chi connectivity index (χ0n) is 23.8. The van der Waals surface area contributed by atoms with Crippen LogP contribution < -0.4 is 5.73 Å². The van der Waals surface area contributed by atoms with E-state index in [0.717, 1.165) is 20.0 Å². The molecule has 2 unspecified atom stereocenters. The van der Waals surface area contributed by atoms with Crippen LogP contribution in [-0.2, 0) is 23.8 Å². The predicted octanol–water partition coefficient (Wildman–Crippen LogP) is 1.13. The first-order valence-corrected chi connectivity index (χ1v) is 11.5. The number of aliphatic imine (C=N–C) groups is 1. The molecule has 12 heteroatoms. The number of carbonyl (C=O) groups excluding carboxylic acids is 4. The lowest BCUT2D eigenvalue weighted by molar-refractivity contribution is -0.889. The fourth-order valence-electron chi connectivity index (χ4n) is 2.64. The molecule has 0 bridgehead atoms. The molecule has 1 aromatic rings. The number of aliphatic hydroxyl groups excluding tert-OH is 1. The molecule has 0 aliphatic carbocycles. The van der Waals surface area contributed by atoms with Gasteiger partial charge in [0.1, 0.15) is 18.6 Å². The minimum absolute atomic E-state index is 0.0412. The maximum absolute atomic E-state index is 10.2. The van der Waals surface area contributed by atoms with Gasteiger partial charge >= 0.3 is 0 Å². The van der Waals surface area contributed by atoms with Crippen LogP contribution in [0, 0.1) is 0 Å². The zero-order chi connectivity index (χ0) is 30.0. The van der Waals surface area contributed by atoms with Crippen LogP contribution in [0.5, 0.6) is 0 Å². The Morgan fingerprint density at radius 3 is 1.95 bits per heavy atom. The number of quaternary nitrogens is 1. The second-order valence-corrected chi connectivity index (χ2v) is 8.44. The van der Waals surface area contributed by atoms with Crippen LogP contribution >= 0.6 is 0 Å². The van der Waals surface area contributed by atoms with Gasteiger partial charge in [-0.2, -0.15) is 4.99 Å². The number of amides is 1. The van der Waals surface area contributed by atoms with Crippen molar-refractivity contribution in [2.75, 3.05) is 63.2 Å². The third-order valence-electron chi connectivity index (χ3n) is 4.26. The summed E-state index contributed by atoms with van der Waals surface area (Å²) in [6.45, 7) is 0.700. The molecule has 2 atom stereocenters. The number of nitrogens with zero attached hydrogens (tertiary/aromatic N) is 3. The molecule has 1 heterocycles. The van der Waals surface area contributed by atoms with Crippen molar-refractivity contribution >= 4 is 31.3 Å². The fraction of sp³-hybridized carbons (Fsp3) is 0.500. The smallest absolute Gasteiger partial charge is 0.293 e. The molecule has 0 spiro atoms. The summed E-state index contributed by atoms with van der Waals surface area (Å²) in [7, 11) is 14.2. The van der Waals surface area contributed by atoms with Crippen molar-refractivity contribution in [1.82, 2.24) is 4.90 Å². The quantitative estimate of drug-likeness (QED) is 0.201. The molecule has 1 aliphatic heterocycles. The number of hydrogen-bond acceptors (Lipinski definition) is 9. The number of nitrogens with two attached hydrogens (primary N) is 1. The summed E-state index contributed by atoms with van der Waals surface area (Å²) in [6, 6.07) is 6.65. The Morgan fingerprint density at radius 2 is 1.55 bits per heavy atom. The number of methoxy groups -OCH3 is 1. The van der Waals surface area contributed by atoms with Crippen LogP contribution in [0.4, 0.5) is 0 Å². The molecule has 38 heavy (non-hydrogen) atoms. The van der Waals surface area contributed by atoms with Crippen molar-refractivity contribution in [2.45, 2.75) is 25.2 Å². The van der Waals surface area contributed by atoms with Crippen LogP contribution in [0.2, 0.25) is 0 Å². The molecule has 1 aromatic carbocycles. The molecule has 216 valence electrons. The molecule has 12 nitrogen and oxygen atoms in total. The standard InChI is InChI=1S/C12H19N3O4.C8H6O2.C3H9N.C2H6O.CH4O/c1-15(2,6-5-11(13)14-8-16)12-4-3-10(19-12)7-18-9-17;9-5-7-3-1-2-4-8(7)6-10;1-4(2)3;1-3-2;1-2/h5-6,8-10,12H,3-4,7H2,1-2H3,(H-,13,14,16);1-6H;1-3H3;1-2H3;2H,1H3/p+1/b6-5-;;;;. The molecule has 2 rings (SSSR count). The fourth-order valence-corrected chi connectivity index (χ4v) is 2.64. The van der Waals surface area contributed by atoms with Crippen molar-refractivity contribution < 1.29 is 43.0 Å². The monoisotopic (exact) mass is 541 g/mol. The van der Waals surface area contributed by atoms with E-state index >= 15 is 0 Å². The van der Waals surface area contributed by atoms with Gasteiger partial charge in [-0.1, -0.05) is 24.3 Å². The third-order valence-corrected chi connectivity index (χ3v) is 4.26. The minimum Gasteiger partial charge on any atom is -0.465 e. The Balaban J connectivity index is -0.000000536. The number of amidine groups is 1. The minimum atomic E-state index is -0.0676. The van der Waals surface area contributed by atoms with Crippen molar-refractivity contribution in [3.8, 4) is 0 Å². The number of hydrogen-bond donors (Lipinski definition) is 2. The first kappa shape index (κ1) is 39.2. The summed E-state index contributed by atoms with van der Waals surface area (Å²) in [5.74, 6) is 0.153. The summed E-state index contributed by atoms with van der Waals surface area (Å²) in [6.07, 6.45) is 6.72. The maximum Gasteiger partial charge on any atom is 0.293 e. The van der Waals surface area contributed by atoms with Crippen LogP contribution in [0.1, 0.15) is 33.6 Å². The van der Waals surface area contributed by atoms with E-state index in [9.17, 15) is 19.2 Å². The second-order valence-electron chi connectivity index (χ2n) is 8.44. The van der Waals surface area contributed by atoms with E-state index < -0.39 is 0 Å². The Labute approximate surface area is 226 Å². The van der Waals surface area contributed by atoms with E-state index in [0.29, 0.717) is 41.1 Å². The third kappa shape index (κ3) is 20.9. The van der Waals surface area contributed by atoms with Crippen LogP contribution in [-0.4, -0.2) is 121 Å². The lowest BCUT2D eigenvalue weighted by atomic mass is 10.1. The highest BCUT2D eigenvalue weighted by Gasteiger charge is 2.36. The molecular formula is C26H45N4O8+. The van der Waals surface area contributed by atoms with Crippen LogP contribution in [0.25, 0.3) is 0 Å². The highest BCUT2D eigenvalue weighted by molar-refractivity contribution is 5.95. The summed E-state index contributed by atoms with van der Waals surface area (Å²) < 4.78 is 15.2. The van der Waals surface area contributed by atoms with Gasteiger partial charge in [-0.05, 0) is 27.6 Å². The van der Waals surface area contributed by atoms with Gasteiger partial charge < -0.3 is 30.0 Å². The van der Waals surface area contributed by atoms with Gasteiger partial charge in [-0.25, -0.2) is 0 Å². The molecule has 1 saturated heterocycles. The van der Waals surface area contributed by atoms with E-state index in [4.69, 9.17) is 20.3 Å². The Hall–Kier alpha value is -3.29. The number of rotatable bonds is 9. The summed E-state index contributed by atoms with van der Waals surface area (Å²) >= 11 is 0. The lowest BCUT2D eigenvalue weighted by Crippen LogP contribution is -2.44. The first-order valence-electron chi connectivity index (χ1n) is 11.5. The molecular weight excluding hydrogens is 496 g/mol. The second kappa shape index (κ2) is 25.4. The topological polar surface area (TPSA) is 158 Å². The first-order chi connectivity index (χ1) is 18.0. The molecule has 0 radical (unpaired) electrons. The van der Waals surface area contributed by atoms with E-state index in [1.54, 1.807) is 44.6 Å². The van der Waals surface area contributed by atoms with Gasteiger partial charge in [0.2, 0.25) is 6.41 Å². The number of aliphatic hydroxyl groups is 1. The van der Waals surface area contributed by atoms with Gasteiger partial charge in [0, 0.05) is 45.0 Å². The van der Waals surface area contributed by atoms with Gasteiger partial charge in [-0.15, -0.1) is 0 Å². The molecule has 3 N–H and O–H groups in total. The van der Waals surface area contributed by atoms with Gasteiger partial charge in [0.25, 0.3) is 6.47 Å². The number of aldehydes is 2. The van der Waals surface area contributed by atoms with E-state index in [2.05, 4.69) is 9.73 Å². The Kier molecular flexibility index (Phi) is 26.2. The number of ether oxygens (including phenoxy) is 3.